The third-order valence-electron chi connectivity index (χ3n) is 3.54. The number of hydrogen-bond acceptors (Lipinski definition) is 4. The van der Waals surface area contributed by atoms with Crippen LogP contribution in [-0.4, -0.2) is 25.5 Å². The molecule has 1 fully saturated rings. The Morgan fingerprint density at radius 1 is 1.47 bits per heavy atom. The number of carbonyl (C=O) groups is 1. The van der Waals surface area contributed by atoms with Crippen molar-refractivity contribution in [3.63, 3.8) is 0 Å². The van der Waals surface area contributed by atoms with Crippen LogP contribution < -0.4 is 4.72 Å². The molecule has 5 nitrogen and oxygen atoms in total. The average Bonchev–Trinajstić information content (AvgIpc) is 3.00. The van der Waals surface area contributed by atoms with Gasteiger partial charge in [0.15, 0.2) is 0 Å². The van der Waals surface area contributed by atoms with Gasteiger partial charge < -0.3 is 5.11 Å². The Bertz CT molecular complexity index is 558. The van der Waals surface area contributed by atoms with E-state index in [1.54, 1.807) is 0 Å². The van der Waals surface area contributed by atoms with Crippen molar-refractivity contribution in [2.75, 3.05) is 0 Å². The van der Waals surface area contributed by atoms with Crippen molar-refractivity contribution in [2.45, 2.75) is 42.9 Å². The van der Waals surface area contributed by atoms with Crippen LogP contribution in [0.1, 0.15) is 43.0 Å². The van der Waals surface area contributed by atoms with Crippen LogP contribution in [0.4, 0.5) is 0 Å². The average molecular weight is 303 g/mol. The molecule has 1 atom stereocenters. The van der Waals surface area contributed by atoms with Gasteiger partial charge in [-0.3, -0.25) is 0 Å². The maximum Gasteiger partial charge on any atom is 0.336 e. The first kappa shape index (κ1) is 14.5. The Labute approximate surface area is 116 Å². The molecule has 1 aliphatic carbocycles. The van der Waals surface area contributed by atoms with Crippen LogP contribution in [0.25, 0.3) is 0 Å². The van der Waals surface area contributed by atoms with Gasteiger partial charge in [-0.2, -0.15) is 0 Å². The van der Waals surface area contributed by atoms with Crippen molar-refractivity contribution in [1.82, 2.24) is 4.72 Å². The van der Waals surface area contributed by atoms with Crippen LogP contribution in [0.15, 0.2) is 15.7 Å². The topological polar surface area (TPSA) is 83.5 Å². The molecule has 0 saturated heterocycles. The zero-order valence-electron chi connectivity index (χ0n) is 10.6. The van der Waals surface area contributed by atoms with E-state index in [1.807, 2.05) is 6.92 Å². The first-order chi connectivity index (χ1) is 8.90. The van der Waals surface area contributed by atoms with Crippen LogP contribution in [0.2, 0.25) is 0 Å². The molecule has 2 rings (SSSR count). The summed E-state index contributed by atoms with van der Waals surface area (Å²) in [7, 11) is -3.60. The molecule has 7 heteroatoms. The summed E-state index contributed by atoms with van der Waals surface area (Å²) in [5, 5.41) is 10.2. The molecule has 0 radical (unpaired) electrons. The summed E-state index contributed by atoms with van der Waals surface area (Å²) in [4.78, 5) is 10.8. The highest BCUT2D eigenvalue weighted by molar-refractivity contribution is 7.91. The van der Waals surface area contributed by atoms with Crippen molar-refractivity contribution in [2.24, 2.45) is 5.92 Å². The van der Waals surface area contributed by atoms with Gasteiger partial charge in [-0.25, -0.2) is 17.9 Å². The second-order valence-electron chi connectivity index (χ2n) is 4.91. The standard InChI is InChI=1S/C12H17NO4S2/c1-8(9-4-2-3-5-9)13-19(16,17)11-6-10(7-18-11)12(14)15/h6-9,13H,2-5H2,1H3,(H,14,15). The Morgan fingerprint density at radius 3 is 2.63 bits per heavy atom. The molecular formula is C12H17NO4S2. The van der Waals surface area contributed by atoms with E-state index in [2.05, 4.69) is 4.72 Å². The Balaban J connectivity index is 2.10. The maximum absolute atomic E-state index is 12.1. The molecule has 1 aromatic heterocycles. The summed E-state index contributed by atoms with van der Waals surface area (Å²) in [6, 6.07) is 1.10. The van der Waals surface area contributed by atoms with Gasteiger partial charge in [0.25, 0.3) is 0 Å². The summed E-state index contributed by atoms with van der Waals surface area (Å²) in [5.74, 6) is -0.727. The first-order valence-electron chi connectivity index (χ1n) is 6.24. The number of rotatable bonds is 5. The summed E-state index contributed by atoms with van der Waals surface area (Å²) in [6.45, 7) is 1.87. The summed E-state index contributed by atoms with van der Waals surface area (Å²) in [5.41, 5.74) is 0.0129. The highest BCUT2D eigenvalue weighted by atomic mass is 32.2. The number of nitrogens with one attached hydrogen (secondary N) is 1. The van der Waals surface area contributed by atoms with Gasteiger partial charge in [0.05, 0.1) is 5.56 Å². The van der Waals surface area contributed by atoms with E-state index in [9.17, 15) is 13.2 Å². The summed E-state index contributed by atoms with van der Waals surface area (Å²) < 4.78 is 27.0. The molecule has 1 unspecified atom stereocenters. The lowest BCUT2D eigenvalue weighted by Gasteiger charge is -2.19. The second kappa shape index (κ2) is 5.60. The van der Waals surface area contributed by atoms with Gasteiger partial charge in [-0.15, -0.1) is 11.3 Å². The number of thiophene rings is 1. The molecule has 0 bridgehead atoms. The fourth-order valence-corrected chi connectivity index (χ4v) is 4.91. The minimum Gasteiger partial charge on any atom is -0.478 e. The van der Waals surface area contributed by atoms with E-state index in [-0.39, 0.29) is 15.8 Å². The van der Waals surface area contributed by atoms with Crippen LogP contribution in [0, 0.1) is 5.92 Å². The number of aromatic carboxylic acids is 1. The zero-order valence-corrected chi connectivity index (χ0v) is 12.3. The second-order valence-corrected chi connectivity index (χ2v) is 7.77. The Hall–Kier alpha value is -0.920. The molecule has 1 saturated carbocycles. The maximum atomic E-state index is 12.1. The minimum absolute atomic E-state index is 0.0129. The monoisotopic (exact) mass is 303 g/mol. The van der Waals surface area contributed by atoms with Crippen molar-refractivity contribution in [1.29, 1.82) is 0 Å². The SMILES string of the molecule is CC(NS(=O)(=O)c1cc(C(=O)O)cs1)C1CCCC1. The van der Waals surface area contributed by atoms with E-state index in [1.165, 1.54) is 11.4 Å². The molecule has 1 aromatic rings. The molecule has 0 amide bonds. The van der Waals surface area contributed by atoms with Crippen molar-refractivity contribution in [3.05, 3.63) is 17.0 Å². The van der Waals surface area contributed by atoms with Crippen LogP contribution >= 0.6 is 11.3 Å². The van der Waals surface area contributed by atoms with Crippen molar-refractivity contribution in [3.8, 4) is 0 Å². The van der Waals surface area contributed by atoms with Gasteiger partial charge in [-0.05, 0) is 31.7 Å². The van der Waals surface area contributed by atoms with Gasteiger partial charge >= 0.3 is 5.97 Å². The lowest BCUT2D eigenvalue weighted by atomic mass is 10.0. The zero-order chi connectivity index (χ0) is 14.0. The first-order valence-corrected chi connectivity index (χ1v) is 8.60. The summed E-state index contributed by atoms with van der Waals surface area (Å²) in [6.07, 6.45) is 4.40. The summed E-state index contributed by atoms with van der Waals surface area (Å²) >= 11 is 0.938. The van der Waals surface area contributed by atoms with Gasteiger partial charge in [0, 0.05) is 11.4 Å². The van der Waals surface area contributed by atoms with E-state index >= 15 is 0 Å². The largest absolute Gasteiger partial charge is 0.478 e. The smallest absolute Gasteiger partial charge is 0.336 e. The van der Waals surface area contributed by atoms with Gasteiger partial charge in [0.1, 0.15) is 4.21 Å². The van der Waals surface area contributed by atoms with E-state index in [0.717, 1.165) is 37.0 Å². The van der Waals surface area contributed by atoms with E-state index < -0.39 is 16.0 Å². The molecule has 0 spiro atoms. The Morgan fingerprint density at radius 2 is 2.11 bits per heavy atom. The third kappa shape index (κ3) is 3.34. The molecule has 0 aromatic carbocycles. The molecule has 19 heavy (non-hydrogen) atoms. The fraction of sp³-hybridized carbons (Fsp3) is 0.583. The molecule has 1 heterocycles. The molecular weight excluding hydrogens is 286 g/mol. The normalized spacial score (nSPS) is 18.6. The highest BCUT2D eigenvalue weighted by Crippen LogP contribution is 2.29. The van der Waals surface area contributed by atoms with E-state index in [4.69, 9.17) is 5.11 Å². The molecule has 106 valence electrons. The molecule has 0 aliphatic heterocycles. The Kier molecular flexibility index (Phi) is 4.27. The van der Waals surface area contributed by atoms with Gasteiger partial charge in [0.2, 0.25) is 10.0 Å². The number of hydrogen-bond donors (Lipinski definition) is 2. The number of carboxylic acids is 1. The molecule has 2 N–H and O–H groups in total. The van der Waals surface area contributed by atoms with Crippen molar-refractivity contribution >= 4 is 27.3 Å². The number of sulfonamides is 1. The van der Waals surface area contributed by atoms with Crippen LogP contribution in [-0.2, 0) is 10.0 Å². The lowest BCUT2D eigenvalue weighted by molar-refractivity contribution is 0.0697. The van der Waals surface area contributed by atoms with Crippen molar-refractivity contribution < 1.29 is 18.3 Å². The predicted molar refractivity (Wildman–Crippen MR) is 73.0 cm³/mol. The lowest BCUT2D eigenvalue weighted by Crippen LogP contribution is -2.36. The molecule has 1 aliphatic rings. The highest BCUT2D eigenvalue weighted by Gasteiger charge is 2.27. The quantitative estimate of drug-likeness (QED) is 0.874. The van der Waals surface area contributed by atoms with Crippen LogP contribution in [0.3, 0.4) is 0 Å². The minimum atomic E-state index is -3.60. The number of carboxylic acid groups (broad SMARTS) is 1. The van der Waals surface area contributed by atoms with Gasteiger partial charge in [-0.1, -0.05) is 12.8 Å². The van der Waals surface area contributed by atoms with E-state index in [0.29, 0.717) is 5.92 Å². The fourth-order valence-electron chi connectivity index (χ4n) is 2.43. The predicted octanol–water partition coefficient (Wildman–Crippen LogP) is 2.30. The van der Waals surface area contributed by atoms with Crippen LogP contribution in [0.5, 0.6) is 0 Å². The third-order valence-corrected chi connectivity index (χ3v) is 6.53.